The molecule has 0 bridgehead atoms. The molecule has 0 saturated carbocycles. The van der Waals surface area contributed by atoms with Gasteiger partial charge in [-0.05, 0) is 99.5 Å². The fraction of sp³-hybridized carbons (Fsp3) is 0.529. The largest absolute Gasteiger partial charge is 0.486 e. The highest BCUT2D eigenvalue weighted by molar-refractivity contribution is 6.00. The van der Waals surface area contributed by atoms with Gasteiger partial charge >= 0.3 is 0 Å². The normalized spacial score (nSPS) is 20.5. The van der Waals surface area contributed by atoms with E-state index >= 15 is 0 Å². The van der Waals surface area contributed by atoms with E-state index in [1.54, 1.807) is 0 Å². The van der Waals surface area contributed by atoms with Gasteiger partial charge in [0.25, 0.3) is 0 Å². The van der Waals surface area contributed by atoms with Crippen molar-refractivity contribution in [3.8, 4) is 11.8 Å². The van der Waals surface area contributed by atoms with Gasteiger partial charge in [0, 0.05) is 13.0 Å². The fourth-order valence-corrected chi connectivity index (χ4v) is 6.40. The van der Waals surface area contributed by atoms with E-state index in [1.165, 1.54) is 10.5 Å². The molecule has 3 aliphatic rings. The van der Waals surface area contributed by atoms with Crippen molar-refractivity contribution in [2.45, 2.75) is 82.4 Å². The molecule has 2 aromatic rings. The molecule has 1 N–H and O–H groups in total. The number of likely N-dealkylation sites (tertiary alicyclic amines) is 1. The Morgan fingerprint density at radius 1 is 1.12 bits per heavy atom. The first-order valence-electron chi connectivity index (χ1n) is 15.5. The molecule has 228 valence electrons. The van der Waals surface area contributed by atoms with Crippen LogP contribution in [-0.4, -0.2) is 73.0 Å². The number of hydrogen-bond donors (Lipinski definition) is 1. The highest BCUT2D eigenvalue weighted by Crippen LogP contribution is 2.36. The summed E-state index contributed by atoms with van der Waals surface area (Å²) in [7, 11) is 0. The molecule has 1 atom stereocenters. The number of unbranched alkanes of at least 4 members (excludes halogenated alkanes) is 2. The van der Waals surface area contributed by atoms with Crippen LogP contribution in [0.15, 0.2) is 42.5 Å². The van der Waals surface area contributed by atoms with Gasteiger partial charge in [-0.25, -0.2) is 0 Å². The van der Waals surface area contributed by atoms with Crippen molar-refractivity contribution in [1.29, 1.82) is 5.26 Å². The molecule has 3 heterocycles. The van der Waals surface area contributed by atoms with Crippen molar-refractivity contribution in [2.75, 3.05) is 32.8 Å². The van der Waals surface area contributed by atoms with Gasteiger partial charge in [0.15, 0.2) is 0 Å². The summed E-state index contributed by atoms with van der Waals surface area (Å²) in [5.41, 5.74) is 4.01. The number of piperidine rings is 2. The van der Waals surface area contributed by atoms with E-state index in [-0.39, 0.29) is 18.4 Å². The first-order chi connectivity index (χ1) is 20.9. The van der Waals surface area contributed by atoms with Crippen LogP contribution in [0.4, 0.5) is 0 Å². The maximum absolute atomic E-state index is 12.4. The lowest BCUT2D eigenvalue weighted by atomic mass is 9.74. The van der Waals surface area contributed by atoms with Crippen molar-refractivity contribution in [1.82, 2.24) is 15.1 Å². The molecular formula is C34H42N4O5. The van der Waals surface area contributed by atoms with Crippen molar-refractivity contribution in [3.63, 3.8) is 0 Å². The number of benzene rings is 2. The van der Waals surface area contributed by atoms with Gasteiger partial charge in [-0.15, -0.1) is 0 Å². The highest BCUT2D eigenvalue weighted by atomic mass is 16.6. The third-order valence-electron chi connectivity index (χ3n) is 9.26. The maximum Gasteiger partial charge on any atom is 0.249 e. The fourth-order valence-electron chi connectivity index (χ4n) is 6.40. The predicted octanol–water partition coefficient (Wildman–Crippen LogP) is 3.81. The molecule has 0 spiro atoms. The number of carbonyl (C=O) groups is 3. The number of ether oxygens (including phenoxy) is 2. The van der Waals surface area contributed by atoms with Gasteiger partial charge in [-0.3, -0.25) is 19.7 Å². The number of aryl methyl sites for hydroxylation is 2. The molecular weight excluding hydrogens is 544 g/mol. The summed E-state index contributed by atoms with van der Waals surface area (Å²) in [6.07, 6.45) is 7.24. The molecule has 0 radical (unpaired) electrons. The number of nitrogens with one attached hydrogen (secondary N) is 1. The standard InChI is InChI=1S/C34H42N4O5/c1-25-6-5-8-26(30(25)20-38(24-39)31-13-14-32(40)36-33(31)41)7-3-2-4-17-37-18-15-34(23-35,16-19-37)27-9-11-28(12-10-27)43-29-21-42-22-29/h5-6,8-12,24,29,31H,2-4,7,13-22H2,1H3,(H,36,40,41). The van der Waals surface area contributed by atoms with Crippen molar-refractivity contribution < 1.29 is 23.9 Å². The summed E-state index contributed by atoms with van der Waals surface area (Å²) >= 11 is 0. The Bertz CT molecular complexity index is 1330. The lowest BCUT2D eigenvalue weighted by Gasteiger charge is -2.37. The van der Waals surface area contributed by atoms with Gasteiger partial charge < -0.3 is 19.3 Å². The molecule has 3 fully saturated rings. The van der Waals surface area contributed by atoms with E-state index in [1.807, 2.05) is 43.3 Å². The van der Waals surface area contributed by atoms with Crippen molar-refractivity contribution in [3.05, 3.63) is 64.7 Å². The summed E-state index contributed by atoms with van der Waals surface area (Å²) in [4.78, 5) is 39.9. The van der Waals surface area contributed by atoms with E-state index in [9.17, 15) is 19.6 Å². The molecule has 5 rings (SSSR count). The monoisotopic (exact) mass is 586 g/mol. The lowest BCUT2D eigenvalue weighted by Crippen LogP contribution is -2.51. The first-order valence-corrected chi connectivity index (χ1v) is 15.5. The van der Waals surface area contributed by atoms with Crippen LogP contribution in [0.1, 0.15) is 67.2 Å². The molecule has 3 amide bonds. The van der Waals surface area contributed by atoms with Gasteiger partial charge in [-0.1, -0.05) is 36.8 Å². The summed E-state index contributed by atoms with van der Waals surface area (Å²) in [5, 5.41) is 12.5. The average Bonchev–Trinajstić information content (AvgIpc) is 3.00. The maximum atomic E-state index is 12.4. The van der Waals surface area contributed by atoms with Crippen LogP contribution in [0.25, 0.3) is 0 Å². The van der Waals surface area contributed by atoms with Crippen LogP contribution in [0.2, 0.25) is 0 Å². The second-order valence-electron chi connectivity index (χ2n) is 12.1. The Morgan fingerprint density at radius 2 is 1.88 bits per heavy atom. The summed E-state index contributed by atoms with van der Waals surface area (Å²) in [6.45, 7) is 6.52. The summed E-state index contributed by atoms with van der Waals surface area (Å²) < 4.78 is 11.1. The molecule has 1 unspecified atom stereocenters. The number of nitrogens with zero attached hydrogens (tertiary/aromatic N) is 3. The number of amides is 3. The van der Waals surface area contributed by atoms with Gasteiger partial charge in [0.05, 0.1) is 24.7 Å². The molecule has 3 saturated heterocycles. The predicted molar refractivity (Wildman–Crippen MR) is 161 cm³/mol. The Hall–Kier alpha value is -3.74. The lowest BCUT2D eigenvalue weighted by molar-refractivity contribution is -0.141. The molecule has 0 aromatic heterocycles. The Labute approximate surface area is 254 Å². The third kappa shape index (κ3) is 7.43. The van der Waals surface area contributed by atoms with Crippen LogP contribution in [-0.2, 0) is 37.5 Å². The van der Waals surface area contributed by atoms with E-state index in [0.29, 0.717) is 26.2 Å². The van der Waals surface area contributed by atoms with Gasteiger partial charge in [-0.2, -0.15) is 5.26 Å². The van der Waals surface area contributed by atoms with Crippen LogP contribution in [0, 0.1) is 18.3 Å². The second kappa shape index (κ2) is 14.2. The quantitative estimate of drug-likeness (QED) is 0.216. The number of nitriles is 1. The van der Waals surface area contributed by atoms with Crippen molar-refractivity contribution >= 4 is 18.2 Å². The van der Waals surface area contributed by atoms with Crippen LogP contribution >= 0.6 is 0 Å². The Kier molecular flexibility index (Phi) is 10.1. The Morgan fingerprint density at radius 3 is 2.53 bits per heavy atom. The average molecular weight is 587 g/mol. The number of imide groups is 1. The minimum absolute atomic E-state index is 0.135. The zero-order valence-corrected chi connectivity index (χ0v) is 25.1. The topological polar surface area (TPSA) is 112 Å². The van der Waals surface area contributed by atoms with Gasteiger partial charge in [0.2, 0.25) is 18.2 Å². The number of rotatable bonds is 13. The van der Waals surface area contributed by atoms with E-state index in [4.69, 9.17) is 9.47 Å². The molecule has 3 aliphatic heterocycles. The zero-order valence-electron chi connectivity index (χ0n) is 25.1. The van der Waals surface area contributed by atoms with E-state index in [0.717, 1.165) is 87.0 Å². The molecule has 0 aliphatic carbocycles. The molecule has 9 heteroatoms. The first kappa shape index (κ1) is 30.7. The second-order valence-corrected chi connectivity index (χ2v) is 12.1. The summed E-state index contributed by atoms with van der Waals surface area (Å²) in [5.74, 6) is 0.148. The van der Waals surface area contributed by atoms with Crippen LogP contribution in [0.5, 0.6) is 5.75 Å². The van der Waals surface area contributed by atoms with Gasteiger partial charge in [0.1, 0.15) is 17.9 Å². The SMILES string of the molecule is Cc1cccc(CCCCCN2CCC(C#N)(c3ccc(OC4COC4)cc3)CC2)c1CN(C=O)C1CCC(=O)NC1=O. The zero-order chi connectivity index (χ0) is 30.2. The van der Waals surface area contributed by atoms with E-state index in [2.05, 4.69) is 22.4 Å². The smallest absolute Gasteiger partial charge is 0.249 e. The molecule has 2 aromatic carbocycles. The summed E-state index contributed by atoms with van der Waals surface area (Å²) in [6, 6.07) is 16.3. The van der Waals surface area contributed by atoms with Crippen LogP contribution < -0.4 is 10.1 Å². The molecule has 9 nitrogen and oxygen atoms in total. The molecule has 43 heavy (non-hydrogen) atoms. The number of hydrogen-bond acceptors (Lipinski definition) is 7. The minimum Gasteiger partial charge on any atom is -0.486 e. The van der Waals surface area contributed by atoms with E-state index < -0.39 is 17.4 Å². The minimum atomic E-state index is -0.618. The van der Waals surface area contributed by atoms with Crippen LogP contribution in [0.3, 0.4) is 0 Å². The Balaban J connectivity index is 1.07. The van der Waals surface area contributed by atoms with Crippen molar-refractivity contribution in [2.24, 2.45) is 0 Å². The third-order valence-corrected chi connectivity index (χ3v) is 9.26. The number of carbonyl (C=O) groups excluding carboxylic acids is 3. The highest BCUT2D eigenvalue weighted by Gasteiger charge is 2.36.